The Hall–Kier alpha value is -1.07. The molecular formula is C12H22N4O. The first kappa shape index (κ1) is 12.4. The van der Waals surface area contributed by atoms with E-state index in [0.717, 1.165) is 31.6 Å². The first-order chi connectivity index (χ1) is 8.29. The fraction of sp³-hybridized carbons (Fsp3) is 0.750. The highest BCUT2D eigenvalue weighted by molar-refractivity contribution is 5.25. The largest absolute Gasteiger partial charge is 0.383 e. The molecule has 1 N–H and O–H groups in total. The molecule has 0 bridgehead atoms. The van der Waals surface area contributed by atoms with Gasteiger partial charge in [0.15, 0.2) is 0 Å². The number of nitrogens with one attached hydrogen (secondary N) is 1. The van der Waals surface area contributed by atoms with E-state index < -0.39 is 0 Å². The van der Waals surface area contributed by atoms with Crippen LogP contribution in [0.2, 0.25) is 0 Å². The predicted octanol–water partition coefficient (Wildman–Crippen LogP) is 0.893. The lowest BCUT2D eigenvalue weighted by Crippen LogP contribution is -2.20. The standard InChI is InChI=1S/C12H22N4O/c1-15-5-3-11(10-15)9-14-12-13-4-6-16(12)7-8-17-2/h4,6,11H,3,5,7-10H2,1-2H3,(H,13,14). The summed E-state index contributed by atoms with van der Waals surface area (Å²) >= 11 is 0. The first-order valence-corrected chi connectivity index (χ1v) is 6.22. The number of likely N-dealkylation sites (tertiary alicyclic amines) is 1. The summed E-state index contributed by atoms with van der Waals surface area (Å²) in [5.41, 5.74) is 0. The lowest BCUT2D eigenvalue weighted by atomic mass is 10.1. The summed E-state index contributed by atoms with van der Waals surface area (Å²) < 4.78 is 7.18. The van der Waals surface area contributed by atoms with Gasteiger partial charge in [0.25, 0.3) is 0 Å². The van der Waals surface area contributed by atoms with Crippen LogP contribution in [0.4, 0.5) is 5.95 Å². The van der Waals surface area contributed by atoms with Gasteiger partial charge in [-0.15, -0.1) is 0 Å². The normalized spacial score (nSPS) is 20.9. The number of methoxy groups -OCH3 is 1. The van der Waals surface area contributed by atoms with Crippen LogP contribution in [0, 0.1) is 5.92 Å². The minimum Gasteiger partial charge on any atom is -0.383 e. The van der Waals surface area contributed by atoms with E-state index in [0.29, 0.717) is 0 Å². The summed E-state index contributed by atoms with van der Waals surface area (Å²) in [6, 6.07) is 0. The van der Waals surface area contributed by atoms with Crippen molar-refractivity contribution in [3.63, 3.8) is 0 Å². The summed E-state index contributed by atoms with van der Waals surface area (Å²) in [7, 11) is 3.90. The van der Waals surface area contributed by atoms with Crippen molar-refractivity contribution in [1.29, 1.82) is 0 Å². The molecule has 2 heterocycles. The average Bonchev–Trinajstić information content (AvgIpc) is 2.92. The number of hydrogen-bond acceptors (Lipinski definition) is 4. The average molecular weight is 238 g/mol. The molecule has 0 radical (unpaired) electrons. The van der Waals surface area contributed by atoms with Gasteiger partial charge in [0.05, 0.1) is 6.61 Å². The lowest BCUT2D eigenvalue weighted by molar-refractivity contribution is 0.187. The van der Waals surface area contributed by atoms with Crippen LogP contribution in [0.3, 0.4) is 0 Å². The molecule has 1 unspecified atom stereocenters. The molecule has 0 aliphatic carbocycles. The molecular weight excluding hydrogens is 216 g/mol. The summed E-state index contributed by atoms with van der Waals surface area (Å²) in [6.45, 7) is 4.98. The van der Waals surface area contributed by atoms with Gasteiger partial charge in [-0.25, -0.2) is 4.98 Å². The van der Waals surface area contributed by atoms with Crippen LogP contribution in [-0.4, -0.2) is 54.8 Å². The van der Waals surface area contributed by atoms with Gasteiger partial charge < -0.3 is 19.5 Å². The molecule has 0 saturated carbocycles. The van der Waals surface area contributed by atoms with E-state index >= 15 is 0 Å². The van der Waals surface area contributed by atoms with Crippen LogP contribution in [0.15, 0.2) is 12.4 Å². The molecule has 1 aromatic heterocycles. The van der Waals surface area contributed by atoms with Gasteiger partial charge in [-0.2, -0.15) is 0 Å². The van der Waals surface area contributed by atoms with E-state index in [1.165, 1.54) is 19.5 Å². The zero-order chi connectivity index (χ0) is 12.1. The van der Waals surface area contributed by atoms with Crippen molar-refractivity contribution in [3.05, 3.63) is 12.4 Å². The van der Waals surface area contributed by atoms with Gasteiger partial charge in [0, 0.05) is 39.1 Å². The van der Waals surface area contributed by atoms with Gasteiger partial charge in [-0.3, -0.25) is 0 Å². The van der Waals surface area contributed by atoms with Crippen molar-refractivity contribution in [2.24, 2.45) is 5.92 Å². The van der Waals surface area contributed by atoms with Crippen molar-refractivity contribution in [2.75, 3.05) is 45.7 Å². The molecule has 1 aliphatic rings. The molecule has 5 nitrogen and oxygen atoms in total. The smallest absolute Gasteiger partial charge is 0.202 e. The fourth-order valence-electron chi connectivity index (χ4n) is 2.27. The highest BCUT2D eigenvalue weighted by atomic mass is 16.5. The van der Waals surface area contributed by atoms with E-state index in [9.17, 15) is 0 Å². The predicted molar refractivity (Wildman–Crippen MR) is 68.2 cm³/mol. The molecule has 5 heteroatoms. The van der Waals surface area contributed by atoms with Crippen molar-refractivity contribution >= 4 is 5.95 Å². The van der Waals surface area contributed by atoms with E-state index in [1.807, 2.05) is 12.4 Å². The summed E-state index contributed by atoms with van der Waals surface area (Å²) in [6.07, 6.45) is 5.10. The van der Waals surface area contributed by atoms with E-state index in [1.54, 1.807) is 7.11 Å². The quantitative estimate of drug-likeness (QED) is 0.799. The van der Waals surface area contributed by atoms with Gasteiger partial charge in [0.2, 0.25) is 5.95 Å². The molecule has 1 aliphatic heterocycles. The molecule has 1 fully saturated rings. The number of aromatic nitrogens is 2. The number of imidazole rings is 1. The second-order valence-corrected chi connectivity index (χ2v) is 4.73. The zero-order valence-electron chi connectivity index (χ0n) is 10.7. The van der Waals surface area contributed by atoms with Crippen LogP contribution >= 0.6 is 0 Å². The Balaban J connectivity index is 1.80. The Labute approximate surface area is 103 Å². The fourth-order valence-corrected chi connectivity index (χ4v) is 2.27. The van der Waals surface area contributed by atoms with Crippen LogP contribution in [0.25, 0.3) is 0 Å². The molecule has 17 heavy (non-hydrogen) atoms. The van der Waals surface area contributed by atoms with Crippen molar-refractivity contribution in [3.8, 4) is 0 Å². The van der Waals surface area contributed by atoms with Gasteiger partial charge >= 0.3 is 0 Å². The maximum Gasteiger partial charge on any atom is 0.202 e. The Morgan fingerprint density at radius 3 is 3.18 bits per heavy atom. The molecule has 0 amide bonds. The molecule has 1 aromatic rings. The van der Waals surface area contributed by atoms with Gasteiger partial charge in [-0.05, 0) is 25.9 Å². The lowest BCUT2D eigenvalue weighted by Gasteiger charge is -2.13. The number of rotatable bonds is 6. The van der Waals surface area contributed by atoms with E-state index in [2.05, 4.69) is 26.8 Å². The Morgan fingerprint density at radius 2 is 2.47 bits per heavy atom. The van der Waals surface area contributed by atoms with Crippen molar-refractivity contribution in [1.82, 2.24) is 14.5 Å². The third-order valence-corrected chi connectivity index (χ3v) is 3.29. The molecule has 1 saturated heterocycles. The van der Waals surface area contributed by atoms with E-state index in [4.69, 9.17) is 4.74 Å². The second kappa shape index (κ2) is 6.02. The Bertz CT molecular complexity index is 339. The highest BCUT2D eigenvalue weighted by Crippen LogP contribution is 2.15. The second-order valence-electron chi connectivity index (χ2n) is 4.73. The Kier molecular flexibility index (Phi) is 4.39. The molecule has 2 rings (SSSR count). The summed E-state index contributed by atoms with van der Waals surface area (Å²) in [5.74, 6) is 1.70. The van der Waals surface area contributed by atoms with Crippen LogP contribution < -0.4 is 5.32 Å². The van der Waals surface area contributed by atoms with Crippen molar-refractivity contribution < 1.29 is 4.74 Å². The molecule has 1 atom stereocenters. The maximum absolute atomic E-state index is 5.08. The third-order valence-electron chi connectivity index (χ3n) is 3.29. The van der Waals surface area contributed by atoms with Gasteiger partial charge in [0.1, 0.15) is 0 Å². The third kappa shape index (κ3) is 3.44. The number of nitrogens with zero attached hydrogens (tertiary/aromatic N) is 3. The molecule has 0 spiro atoms. The number of hydrogen-bond donors (Lipinski definition) is 1. The molecule has 96 valence electrons. The summed E-state index contributed by atoms with van der Waals surface area (Å²) in [5, 5.41) is 3.43. The maximum atomic E-state index is 5.08. The van der Waals surface area contributed by atoms with Crippen molar-refractivity contribution in [2.45, 2.75) is 13.0 Å². The SMILES string of the molecule is COCCn1ccnc1NCC1CCN(C)C1. The Morgan fingerprint density at radius 1 is 1.59 bits per heavy atom. The summed E-state index contributed by atoms with van der Waals surface area (Å²) in [4.78, 5) is 6.71. The zero-order valence-corrected chi connectivity index (χ0v) is 10.7. The topological polar surface area (TPSA) is 42.3 Å². The minimum absolute atomic E-state index is 0.719. The van der Waals surface area contributed by atoms with E-state index in [-0.39, 0.29) is 0 Å². The van der Waals surface area contributed by atoms with Crippen LogP contribution in [0.1, 0.15) is 6.42 Å². The first-order valence-electron chi connectivity index (χ1n) is 6.22. The number of ether oxygens (including phenoxy) is 1. The van der Waals surface area contributed by atoms with Crippen LogP contribution in [0.5, 0.6) is 0 Å². The number of anilines is 1. The highest BCUT2D eigenvalue weighted by Gasteiger charge is 2.19. The molecule has 0 aromatic carbocycles. The monoisotopic (exact) mass is 238 g/mol. The van der Waals surface area contributed by atoms with Gasteiger partial charge in [-0.1, -0.05) is 0 Å². The minimum atomic E-state index is 0.719. The van der Waals surface area contributed by atoms with Crippen LogP contribution in [-0.2, 0) is 11.3 Å².